The molecule has 1 saturated carbocycles. The van der Waals surface area contributed by atoms with Crippen LogP contribution in [0, 0.1) is 23.7 Å². The zero-order valence-electron chi connectivity index (χ0n) is 24.0. The molecule has 0 unspecified atom stereocenters. The zero-order chi connectivity index (χ0) is 30.9. The average Bonchev–Trinajstić information content (AvgIpc) is 3.44. The van der Waals surface area contributed by atoms with Crippen molar-refractivity contribution < 1.29 is 33.8 Å². The van der Waals surface area contributed by atoms with Gasteiger partial charge in [-0.2, -0.15) is 0 Å². The van der Waals surface area contributed by atoms with Crippen LogP contribution in [-0.4, -0.2) is 43.0 Å². The lowest BCUT2D eigenvalue weighted by Gasteiger charge is -2.51. The van der Waals surface area contributed by atoms with Crippen molar-refractivity contribution in [2.45, 2.75) is 24.2 Å². The molecular formula is C34H29ClN2O7. The number of methoxy groups -OCH3 is 2. The number of ether oxygens (including phenoxy) is 2. The lowest BCUT2D eigenvalue weighted by atomic mass is 9.49. The third-order valence-electron chi connectivity index (χ3n) is 9.83. The zero-order valence-corrected chi connectivity index (χ0v) is 24.7. The van der Waals surface area contributed by atoms with E-state index in [1.54, 1.807) is 24.3 Å². The van der Waals surface area contributed by atoms with Crippen LogP contribution in [0.25, 0.3) is 0 Å². The predicted molar refractivity (Wildman–Crippen MR) is 160 cm³/mol. The third kappa shape index (κ3) is 3.78. The van der Waals surface area contributed by atoms with Crippen molar-refractivity contribution in [1.82, 2.24) is 5.32 Å². The molecule has 44 heavy (non-hydrogen) atoms. The van der Waals surface area contributed by atoms with E-state index in [9.17, 15) is 19.5 Å². The standard InChI is InChI=1S/C34H29ClN2O7/c1-43-25-14-20(38)15-26(44-2)28(25)29-21-11-12-22-27(31(40)36-30(22)39)23(21)16-24-32(41)37(19-10-6-9-18(35)13-19)33(42)34(24,29)17-7-4-3-5-8-17/h3-11,13-15,22-24,27,29,38H,12,16H2,1-2H3,(H,36,39,40)/t22-,23+,24-,27-,29+,34+/m0/s1. The molecule has 4 amide bonds. The van der Waals surface area contributed by atoms with Gasteiger partial charge in [0.2, 0.25) is 23.6 Å². The molecule has 0 radical (unpaired) electrons. The number of hydrogen-bond acceptors (Lipinski definition) is 7. The minimum atomic E-state index is -1.49. The quantitative estimate of drug-likeness (QED) is 0.321. The van der Waals surface area contributed by atoms with Gasteiger partial charge in [0, 0.05) is 28.6 Å². The fourth-order valence-corrected chi connectivity index (χ4v) is 8.36. The number of phenolic OH excluding ortho intramolecular Hbond substituents is 1. The minimum absolute atomic E-state index is 0.104. The lowest BCUT2D eigenvalue weighted by Crippen LogP contribution is -2.53. The smallest absolute Gasteiger partial charge is 0.246 e. The van der Waals surface area contributed by atoms with Crippen molar-refractivity contribution in [3.8, 4) is 17.2 Å². The van der Waals surface area contributed by atoms with Crippen molar-refractivity contribution in [3.63, 3.8) is 0 Å². The summed E-state index contributed by atoms with van der Waals surface area (Å²) in [6.07, 6.45) is 2.41. The lowest BCUT2D eigenvalue weighted by molar-refractivity contribution is -0.128. The highest BCUT2D eigenvalue weighted by atomic mass is 35.5. The van der Waals surface area contributed by atoms with Crippen LogP contribution < -0.4 is 19.7 Å². The molecule has 2 N–H and O–H groups in total. The Morgan fingerprint density at radius 2 is 1.61 bits per heavy atom. The van der Waals surface area contributed by atoms with Crippen LogP contribution >= 0.6 is 11.6 Å². The topological polar surface area (TPSA) is 122 Å². The first-order chi connectivity index (χ1) is 21.2. The summed E-state index contributed by atoms with van der Waals surface area (Å²) < 4.78 is 11.6. The first kappa shape index (κ1) is 28.2. The number of imide groups is 2. The van der Waals surface area contributed by atoms with Crippen LogP contribution in [-0.2, 0) is 24.6 Å². The predicted octanol–water partition coefficient (Wildman–Crippen LogP) is 4.51. The molecule has 224 valence electrons. The minimum Gasteiger partial charge on any atom is -0.508 e. The molecule has 3 fully saturated rings. The summed E-state index contributed by atoms with van der Waals surface area (Å²) in [6, 6.07) is 18.6. The van der Waals surface area contributed by atoms with E-state index in [1.807, 2.05) is 36.4 Å². The Kier molecular flexibility index (Phi) is 6.55. The molecule has 3 aromatic carbocycles. The van der Waals surface area contributed by atoms with Crippen LogP contribution in [0.1, 0.15) is 29.9 Å². The van der Waals surface area contributed by atoms with Crippen LogP contribution in [0.3, 0.4) is 0 Å². The summed E-state index contributed by atoms with van der Waals surface area (Å²) in [5.41, 5.74) is 0.682. The molecule has 9 nitrogen and oxygen atoms in total. The van der Waals surface area contributed by atoms with Crippen molar-refractivity contribution >= 4 is 40.9 Å². The highest BCUT2D eigenvalue weighted by molar-refractivity contribution is 6.32. The number of nitrogens with one attached hydrogen (secondary N) is 1. The Morgan fingerprint density at radius 1 is 0.909 bits per heavy atom. The molecule has 10 heteroatoms. The average molecular weight is 613 g/mol. The number of anilines is 1. The molecule has 2 aliphatic carbocycles. The largest absolute Gasteiger partial charge is 0.508 e. The summed E-state index contributed by atoms with van der Waals surface area (Å²) in [5.74, 6) is -4.73. The first-order valence-electron chi connectivity index (χ1n) is 14.4. The van der Waals surface area contributed by atoms with Gasteiger partial charge in [-0.05, 0) is 42.5 Å². The summed E-state index contributed by atoms with van der Waals surface area (Å²) >= 11 is 6.34. The number of amides is 4. The Balaban J connectivity index is 1.58. The highest BCUT2D eigenvalue weighted by Gasteiger charge is 2.70. The number of carbonyl (C=O) groups is 4. The Morgan fingerprint density at radius 3 is 2.27 bits per heavy atom. The number of carbonyl (C=O) groups excluding carboxylic acids is 4. The normalized spacial score (nSPS) is 29.0. The molecule has 0 aromatic heterocycles. The Bertz CT molecular complexity index is 1750. The summed E-state index contributed by atoms with van der Waals surface area (Å²) in [6.45, 7) is 0. The van der Waals surface area contributed by atoms with E-state index in [0.29, 0.717) is 28.3 Å². The number of rotatable bonds is 5. The summed E-state index contributed by atoms with van der Waals surface area (Å²) in [4.78, 5) is 57.2. The SMILES string of the molecule is COc1cc(O)cc(OC)c1[C@H]1C2=CC[C@@H]3C(=O)NC(=O)[C@@H]3[C@@H]2C[C@H]2C(=O)N(c3cccc(Cl)c3)C(=O)[C@@]12c1ccccc1. The number of allylic oxidation sites excluding steroid dienone is 2. The number of benzene rings is 3. The molecule has 7 rings (SSSR count). The molecule has 6 atom stereocenters. The summed E-state index contributed by atoms with van der Waals surface area (Å²) in [7, 11) is 2.91. The first-order valence-corrected chi connectivity index (χ1v) is 14.8. The number of aromatic hydroxyl groups is 1. The van der Waals surface area contributed by atoms with E-state index in [-0.39, 0.29) is 35.5 Å². The molecule has 2 heterocycles. The van der Waals surface area contributed by atoms with Crippen molar-refractivity contribution in [2.24, 2.45) is 23.7 Å². The molecule has 0 bridgehead atoms. The van der Waals surface area contributed by atoms with Gasteiger partial charge < -0.3 is 14.6 Å². The number of hydrogen-bond donors (Lipinski definition) is 2. The van der Waals surface area contributed by atoms with E-state index >= 15 is 4.79 Å². The maximum atomic E-state index is 15.2. The van der Waals surface area contributed by atoms with E-state index in [2.05, 4.69) is 5.32 Å². The van der Waals surface area contributed by atoms with Crippen molar-refractivity contribution in [2.75, 3.05) is 19.1 Å². The molecule has 2 aliphatic heterocycles. The van der Waals surface area contributed by atoms with Crippen LogP contribution in [0.2, 0.25) is 5.02 Å². The van der Waals surface area contributed by atoms with Gasteiger partial charge in [0.25, 0.3) is 0 Å². The van der Waals surface area contributed by atoms with Gasteiger partial charge in [-0.25, -0.2) is 4.90 Å². The van der Waals surface area contributed by atoms with Gasteiger partial charge >= 0.3 is 0 Å². The van der Waals surface area contributed by atoms with Crippen molar-refractivity contribution in [3.05, 3.63) is 94.5 Å². The van der Waals surface area contributed by atoms with E-state index in [0.717, 1.165) is 5.57 Å². The fourth-order valence-electron chi connectivity index (χ4n) is 8.18. The molecule has 3 aromatic rings. The third-order valence-corrected chi connectivity index (χ3v) is 10.1. The second kappa shape index (κ2) is 10.2. The van der Waals surface area contributed by atoms with E-state index in [1.165, 1.54) is 31.3 Å². The second-order valence-corrected chi connectivity index (χ2v) is 12.1. The van der Waals surface area contributed by atoms with Crippen LogP contribution in [0.4, 0.5) is 5.69 Å². The highest BCUT2D eigenvalue weighted by Crippen LogP contribution is 2.66. The van der Waals surface area contributed by atoms with E-state index in [4.69, 9.17) is 21.1 Å². The van der Waals surface area contributed by atoms with Crippen molar-refractivity contribution in [1.29, 1.82) is 0 Å². The molecular weight excluding hydrogens is 584 g/mol. The van der Waals surface area contributed by atoms with Gasteiger partial charge in [0.1, 0.15) is 17.2 Å². The number of phenols is 1. The molecule has 4 aliphatic rings. The number of nitrogens with zero attached hydrogens (tertiary/aromatic N) is 1. The van der Waals surface area contributed by atoms with Gasteiger partial charge in [-0.15, -0.1) is 0 Å². The van der Waals surface area contributed by atoms with Gasteiger partial charge in [-0.1, -0.05) is 59.6 Å². The van der Waals surface area contributed by atoms with Gasteiger partial charge in [0.15, 0.2) is 0 Å². The summed E-state index contributed by atoms with van der Waals surface area (Å²) in [5, 5.41) is 13.4. The maximum Gasteiger partial charge on any atom is 0.246 e. The Hall–Kier alpha value is -4.63. The maximum absolute atomic E-state index is 15.2. The Labute approximate surface area is 258 Å². The fraction of sp³-hybridized carbons (Fsp3) is 0.294. The monoisotopic (exact) mass is 612 g/mol. The molecule has 2 saturated heterocycles. The van der Waals surface area contributed by atoms with E-state index < -0.39 is 46.8 Å². The van der Waals surface area contributed by atoms with Gasteiger partial charge in [0.05, 0.1) is 43.1 Å². The van der Waals surface area contributed by atoms with Crippen LogP contribution in [0.15, 0.2) is 78.4 Å². The van der Waals surface area contributed by atoms with Crippen LogP contribution in [0.5, 0.6) is 17.2 Å². The van der Waals surface area contributed by atoms with Gasteiger partial charge in [-0.3, -0.25) is 24.5 Å². The molecule has 0 spiro atoms. The number of fused-ring (bicyclic) bond motifs is 4. The number of halogens is 1. The second-order valence-electron chi connectivity index (χ2n) is 11.7.